The molecule has 3 heteroatoms. The SMILES string of the molecule is CCn1ccc(C(C)NCCOC)c1. The number of hydrogen-bond acceptors (Lipinski definition) is 2. The van der Waals surface area contributed by atoms with E-state index in [1.807, 2.05) is 0 Å². The summed E-state index contributed by atoms with van der Waals surface area (Å²) in [6, 6.07) is 2.56. The van der Waals surface area contributed by atoms with Crippen LogP contribution in [0.5, 0.6) is 0 Å². The van der Waals surface area contributed by atoms with Crippen LogP contribution in [0.2, 0.25) is 0 Å². The second-order valence-corrected chi connectivity index (χ2v) is 3.44. The first kappa shape index (κ1) is 11.3. The quantitative estimate of drug-likeness (QED) is 0.702. The summed E-state index contributed by atoms with van der Waals surface area (Å²) in [5.74, 6) is 0. The normalized spacial score (nSPS) is 13.1. The fraction of sp³-hybridized carbons (Fsp3) is 0.636. The van der Waals surface area contributed by atoms with Gasteiger partial charge in [-0.1, -0.05) is 0 Å². The highest BCUT2D eigenvalue weighted by molar-refractivity contribution is 5.14. The average Bonchev–Trinajstić information content (AvgIpc) is 2.66. The Bertz CT molecular complexity index is 258. The van der Waals surface area contributed by atoms with Crippen LogP contribution >= 0.6 is 0 Å². The summed E-state index contributed by atoms with van der Waals surface area (Å²) in [4.78, 5) is 0. The third-order valence-corrected chi connectivity index (χ3v) is 2.40. The first-order valence-electron chi connectivity index (χ1n) is 5.16. The lowest BCUT2D eigenvalue weighted by atomic mass is 10.2. The van der Waals surface area contributed by atoms with E-state index in [0.717, 1.165) is 19.7 Å². The Balaban J connectivity index is 2.39. The number of ether oxygens (including phenoxy) is 1. The van der Waals surface area contributed by atoms with Gasteiger partial charge in [0.15, 0.2) is 0 Å². The van der Waals surface area contributed by atoms with Crippen LogP contribution in [0.3, 0.4) is 0 Å². The van der Waals surface area contributed by atoms with Crippen molar-refractivity contribution in [3.8, 4) is 0 Å². The first-order chi connectivity index (χ1) is 6.77. The predicted molar refractivity (Wildman–Crippen MR) is 58.4 cm³/mol. The average molecular weight is 196 g/mol. The number of rotatable bonds is 6. The largest absolute Gasteiger partial charge is 0.383 e. The molecule has 1 heterocycles. The zero-order valence-corrected chi connectivity index (χ0v) is 9.29. The number of hydrogen-bond donors (Lipinski definition) is 1. The van der Waals surface area contributed by atoms with Gasteiger partial charge in [-0.05, 0) is 25.5 Å². The lowest BCUT2D eigenvalue weighted by molar-refractivity contribution is 0.196. The number of aryl methyl sites for hydroxylation is 1. The van der Waals surface area contributed by atoms with E-state index in [-0.39, 0.29) is 0 Å². The Morgan fingerprint density at radius 3 is 2.93 bits per heavy atom. The van der Waals surface area contributed by atoms with E-state index in [2.05, 4.69) is 42.2 Å². The van der Waals surface area contributed by atoms with Crippen molar-refractivity contribution in [2.75, 3.05) is 20.3 Å². The Kier molecular flexibility index (Phi) is 4.70. The lowest BCUT2D eigenvalue weighted by Crippen LogP contribution is -2.22. The molecule has 0 aliphatic heterocycles. The van der Waals surface area contributed by atoms with E-state index in [4.69, 9.17) is 4.74 Å². The highest BCUT2D eigenvalue weighted by atomic mass is 16.5. The van der Waals surface area contributed by atoms with Gasteiger partial charge in [0, 0.05) is 38.6 Å². The summed E-state index contributed by atoms with van der Waals surface area (Å²) in [7, 11) is 1.72. The van der Waals surface area contributed by atoms with Crippen molar-refractivity contribution in [3.63, 3.8) is 0 Å². The van der Waals surface area contributed by atoms with E-state index in [9.17, 15) is 0 Å². The summed E-state index contributed by atoms with van der Waals surface area (Å²) in [5.41, 5.74) is 1.34. The maximum absolute atomic E-state index is 4.99. The summed E-state index contributed by atoms with van der Waals surface area (Å²) in [6.07, 6.45) is 4.30. The summed E-state index contributed by atoms with van der Waals surface area (Å²) >= 11 is 0. The van der Waals surface area contributed by atoms with Crippen LogP contribution < -0.4 is 5.32 Å². The molecule has 0 aromatic carbocycles. The van der Waals surface area contributed by atoms with Gasteiger partial charge in [-0.2, -0.15) is 0 Å². The van der Waals surface area contributed by atoms with Crippen molar-refractivity contribution in [1.82, 2.24) is 9.88 Å². The summed E-state index contributed by atoms with van der Waals surface area (Å²) < 4.78 is 7.17. The topological polar surface area (TPSA) is 26.2 Å². The molecule has 0 radical (unpaired) electrons. The second kappa shape index (κ2) is 5.83. The molecule has 80 valence electrons. The lowest BCUT2D eigenvalue weighted by Gasteiger charge is -2.11. The van der Waals surface area contributed by atoms with Gasteiger partial charge >= 0.3 is 0 Å². The van der Waals surface area contributed by atoms with E-state index in [1.165, 1.54) is 5.56 Å². The molecule has 1 unspecified atom stereocenters. The molecule has 0 amide bonds. The van der Waals surface area contributed by atoms with Crippen LogP contribution in [0.25, 0.3) is 0 Å². The van der Waals surface area contributed by atoms with Crippen LogP contribution in [0.4, 0.5) is 0 Å². The van der Waals surface area contributed by atoms with Crippen LogP contribution in [0.15, 0.2) is 18.5 Å². The Labute approximate surface area is 86.1 Å². The minimum Gasteiger partial charge on any atom is -0.383 e. The third kappa shape index (κ3) is 3.16. The molecule has 0 bridgehead atoms. The number of aromatic nitrogens is 1. The number of methoxy groups -OCH3 is 1. The van der Waals surface area contributed by atoms with Gasteiger partial charge in [-0.15, -0.1) is 0 Å². The van der Waals surface area contributed by atoms with E-state index < -0.39 is 0 Å². The van der Waals surface area contributed by atoms with Gasteiger partial charge in [0.25, 0.3) is 0 Å². The highest BCUT2D eigenvalue weighted by Crippen LogP contribution is 2.11. The molecule has 3 nitrogen and oxygen atoms in total. The number of nitrogens with zero attached hydrogens (tertiary/aromatic N) is 1. The van der Waals surface area contributed by atoms with Crippen molar-refractivity contribution >= 4 is 0 Å². The van der Waals surface area contributed by atoms with Crippen molar-refractivity contribution in [1.29, 1.82) is 0 Å². The summed E-state index contributed by atoms with van der Waals surface area (Å²) in [6.45, 7) is 7.01. The van der Waals surface area contributed by atoms with E-state index in [0.29, 0.717) is 6.04 Å². The number of nitrogens with one attached hydrogen (secondary N) is 1. The molecule has 0 aliphatic rings. The van der Waals surface area contributed by atoms with Gasteiger partial charge < -0.3 is 14.6 Å². The molecule has 0 fully saturated rings. The van der Waals surface area contributed by atoms with Crippen molar-refractivity contribution < 1.29 is 4.74 Å². The second-order valence-electron chi connectivity index (χ2n) is 3.44. The van der Waals surface area contributed by atoms with Crippen molar-refractivity contribution in [2.24, 2.45) is 0 Å². The molecule has 0 aliphatic carbocycles. The highest BCUT2D eigenvalue weighted by Gasteiger charge is 2.04. The smallest absolute Gasteiger partial charge is 0.0587 e. The molecule has 14 heavy (non-hydrogen) atoms. The fourth-order valence-electron chi connectivity index (χ4n) is 1.41. The van der Waals surface area contributed by atoms with E-state index >= 15 is 0 Å². The molecule has 1 atom stereocenters. The molecular weight excluding hydrogens is 176 g/mol. The molecule has 0 saturated carbocycles. The molecule has 1 N–H and O–H groups in total. The molecule has 1 aromatic heterocycles. The minimum atomic E-state index is 0.401. The van der Waals surface area contributed by atoms with Gasteiger partial charge in [-0.3, -0.25) is 0 Å². The molecule has 0 spiro atoms. The maximum Gasteiger partial charge on any atom is 0.0587 e. The van der Waals surface area contributed by atoms with Crippen LogP contribution in [-0.4, -0.2) is 24.8 Å². The molecule has 1 rings (SSSR count). The van der Waals surface area contributed by atoms with Gasteiger partial charge in [0.1, 0.15) is 0 Å². The Morgan fingerprint density at radius 1 is 1.57 bits per heavy atom. The zero-order chi connectivity index (χ0) is 10.4. The zero-order valence-electron chi connectivity index (χ0n) is 9.29. The van der Waals surface area contributed by atoms with Crippen molar-refractivity contribution in [3.05, 3.63) is 24.0 Å². The van der Waals surface area contributed by atoms with Gasteiger partial charge in [0.05, 0.1) is 6.61 Å². The first-order valence-corrected chi connectivity index (χ1v) is 5.16. The van der Waals surface area contributed by atoms with Gasteiger partial charge in [-0.25, -0.2) is 0 Å². The molecule has 1 aromatic rings. The molecular formula is C11H20N2O. The monoisotopic (exact) mass is 196 g/mol. The fourth-order valence-corrected chi connectivity index (χ4v) is 1.41. The molecule has 0 saturated heterocycles. The van der Waals surface area contributed by atoms with Crippen LogP contribution in [0, 0.1) is 0 Å². The minimum absolute atomic E-state index is 0.401. The van der Waals surface area contributed by atoms with Crippen LogP contribution in [0.1, 0.15) is 25.5 Å². The maximum atomic E-state index is 4.99. The third-order valence-electron chi connectivity index (χ3n) is 2.40. The standard InChI is InChI=1S/C11H20N2O/c1-4-13-7-5-11(9-13)10(2)12-6-8-14-3/h5,7,9-10,12H,4,6,8H2,1-3H3. The Morgan fingerprint density at radius 2 is 2.36 bits per heavy atom. The predicted octanol–water partition coefficient (Wildman–Crippen LogP) is 1.80. The van der Waals surface area contributed by atoms with E-state index in [1.54, 1.807) is 7.11 Å². The van der Waals surface area contributed by atoms with Crippen LogP contribution in [-0.2, 0) is 11.3 Å². The summed E-state index contributed by atoms with van der Waals surface area (Å²) in [5, 5.41) is 3.40. The Hall–Kier alpha value is -0.800. The van der Waals surface area contributed by atoms with Gasteiger partial charge in [0.2, 0.25) is 0 Å². The van der Waals surface area contributed by atoms with Crippen molar-refractivity contribution in [2.45, 2.75) is 26.4 Å².